The Morgan fingerprint density at radius 3 is 2.45 bits per heavy atom. The van der Waals surface area contributed by atoms with E-state index in [9.17, 15) is 4.79 Å². The summed E-state index contributed by atoms with van der Waals surface area (Å²) in [6, 6.07) is 9.66. The van der Waals surface area contributed by atoms with Crippen molar-refractivity contribution in [3.05, 3.63) is 65.5 Å². The Hall–Kier alpha value is -2.87. The molecule has 1 saturated carbocycles. The maximum Gasteiger partial charge on any atom is 0.255 e. The fourth-order valence-electron chi connectivity index (χ4n) is 3.53. The van der Waals surface area contributed by atoms with E-state index in [0.717, 1.165) is 47.4 Å². The third-order valence-corrected chi connectivity index (χ3v) is 5.70. The van der Waals surface area contributed by atoms with Gasteiger partial charge in [0.25, 0.3) is 5.56 Å². The molecule has 1 aliphatic rings. The van der Waals surface area contributed by atoms with Gasteiger partial charge in [-0.3, -0.25) is 9.36 Å². The largest absolute Gasteiger partial charge is 0.367 e. The molecule has 1 fully saturated rings. The normalized spacial score (nSPS) is 18.5. The van der Waals surface area contributed by atoms with Crippen LogP contribution in [0.25, 0.3) is 5.69 Å². The number of pyridine rings is 2. The highest BCUT2D eigenvalue weighted by molar-refractivity contribution is 7.99. The van der Waals surface area contributed by atoms with Crippen molar-refractivity contribution in [2.45, 2.75) is 43.3 Å². The van der Waals surface area contributed by atoms with Gasteiger partial charge < -0.3 is 10.6 Å². The molecule has 3 aromatic heterocycles. The molecule has 1 aliphatic carbocycles. The van der Waals surface area contributed by atoms with Crippen molar-refractivity contribution in [1.29, 1.82) is 0 Å². The minimum atomic E-state index is -0.0656. The van der Waals surface area contributed by atoms with Crippen LogP contribution in [0.5, 0.6) is 0 Å². The SMILES string of the molecule is CCSc1cnc(N[C@H]2CC[C@H](Nc3ccc(-n4ccccc4=O)cn3)C2)cn1. The van der Waals surface area contributed by atoms with E-state index in [1.165, 1.54) is 0 Å². The second kappa shape index (κ2) is 9.09. The van der Waals surface area contributed by atoms with Crippen molar-refractivity contribution in [2.24, 2.45) is 0 Å². The first-order chi connectivity index (χ1) is 14.2. The molecule has 0 aliphatic heterocycles. The van der Waals surface area contributed by atoms with E-state index in [0.29, 0.717) is 12.1 Å². The summed E-state index contributed by atoms with van der Waals surface area (Å²) in [5, 5.41) is 7.93. The summed E-state index contributed by atoms with van der Waals surface area (Å²) in [5.41, 5.74) is 0.694. The Bertz CT molecular complexity index is 989. The van der Waals surface area contributed by atoms with Crippen LogP contribution in [-0.2, 0) is 0 Å². The predicted molar refractivity (Wildman–Crippen MR) is 117 cm³/mol. The van der Waals surface area contributed by atoms with E-state index in [2.05, 4.69) is 32.5 Å². The summed E-state index contributed by atoms with van der Waals surface area (Å²) >= 11 is 1.69. The zero-order valence-corrected chi connectivity index (χ0v) is 17.1. The van der Waals surface area contributed by atoms with Crippen LogP contribution in [-0.4, -0.2) is 37.4 Å². The van der Waals surface area contributed by atoms with E-state index in [4.69, 9.17) is 0 Å². The first kappa shape index (κ1) is 19.4. The molecule has 8 heteroatoms. The first-order valence-electron chi connectivity index (χ1n) is 9.83. The Balaban J connectivity index is 1.32. The van der Waals surface area contributed by atoms with E-state index in [1.54, 1.807) is 40.9 Å². The van der Waals surface area contributed by atoms with Crippen molar-refractivity contribution in [1.82, 2.24) is 19.5 Å². The molecule has 2 atom stereocenters. The molecule has 150 valence electrons. The smallest absolute Gasteiger partial charge is 0.255 e. The number of rotatable bonds is 7. The summed E-state index contributed by atoms with van der Waals surface area (Å²) in [6.45, 7) is 2.11. The van der Waals surface area contributed by atoms with E-state index >= 15 is 0 Å². The van der Waals surface area contributed by atoms with Gasteiger partial charge in [0.15, 0.2) is 0 Å². The van der Waals surface area contributed by atoms with Crippen LogP contribution in [0.4, 0.5) is 11.6 Å². The number of hydrogen-bond donors (Lipinski definition) is 2. The minimum Gasteiger partial charge on any atom is -0.367 e. The van der Waals surface area contributed by atoms with Gasteiger partial charge in [0.1, 0.15) is 16.7 Å². The Kier molecular flexibility index (Phi) is 6.09. The van der Waals surface area contributed by atoms with Gasteiger partial charge in [-0.2, -0.15) is 0 Å². The van der Waals surface area contributed by atoms with Crippen LogP contribution in [0.15, 0.2) is 64.9 Å². The quantitative estimate of drug-likeness (QED) is 0.578. The Labute approximate surface area is 174 Å². The molecule has 0 spiro atoms. The van der Waals surface area contributed by atoms with Crippen LogP contribution < -0.4 is 16.2 Å². The van der Waals surface area contributed by atoms with Gasteiger partial charge >= 0.3 is 0 Å². The zero-order valence-electron chi connectivity index (χ0n) is 16.3. The molecule has 2 N–H and O–H groups in total. The summed E-state index contributed by atoms with van der Waals surface area (Å²) in [7, 11) is 0. The van der Waals surface area contributed by atoms with Gasteiger partial charge in [-0.05, 0) is 43.2 Å². The minimum absolute atomic E-state index is 0.0656. The zero-order chi connectivity index (χ0) is 20.1. The molecule has 3 aromatic rings. The maximum absolute atomic E-state index is 11.9. The van der Waals surface area contributed by atoms with E-state index < -0.39 is 0 Å². The maximum atomic E-state index is 11.9. The topological polar surface area (TPSA) is 84.7 Å². The molecule has 3 heterocycles. The molecule has 0 aromatic carbocycles. The summed E-state index contributed by atoms with van der Waals surface area (Å²) < 4.78 is 1.58. The van der Waals surface area contributed by atoms with Gasteiger partial charge in [0.2, 0.25) is 0 Å². The molecule has 29 heavy (non-hydrogen) atoms. The molecule has 0 amide bonds. The second-order valence-corrected chi connectivity index (χ2v) is 8.26. The van der Waals surface area contributed by atoms with Crippen LogP contribution >= 0.6 is 11.8 Å². The van der Waals surface area contributed by atoms with Crippen molar-refractivity contribution in [2.75, 3.05) is 16.4 Å². The fraction of sp³-hybridized carbons (Fsp3) is 0.333. The van der Waals surface area contributed by atoms with Crippen molar-refractivity contribution >= 4 is 23.4 Å². The molecule has 0 saturated heterocycles. The highest BCUT2D eigenvalue weighted by Crippen LogP contribution is 2.25. The number of nitrogens with one attached hydrogen (secondary N) is 2. The number of thioether (sulfide) groups is 1. The van der Waals surface area contributed by atoms with Gasteiger partial charge in [-0.15, -0.1) is 11.8 Å². The highest BCUT2D eigenvalue weighted by atomic mass is 32.2. The molecule has 0 bridgehead atoms. The predicted octanol–water partition coefficient (Wildman–Crippen LogP) is 3.58. The number of aromatic nitrogens is 4. The summed E-state index contributed by atoms with van der Waals surface area (Å²) in [4.78, 5) is 25.3. The molecular formula is C21H24N6OS. The number of hydrogen-bond acceptors (Lipinski definition) is 7. The van der Waals surface area contributed by atoms with Crippen molar-refractivity contribution in [3.8, 4) is 5.69 Å². The lowest BCUT2D eigenvalue weighted by atomic mass is 10.2. The molecular weight excluding hydrogens is 384 g/mol. The molecule has 7 nitrogen and oxygen atoms in total. The third-order valence-electron chi connectivity index (χ3n) is 4.91. The average Bonchev–Trinajstić information content (AvgIpc) is 3.17. The van der Waals surface area contributed by atoms with Crippen LogP contribution in [0.3, 0.4) is 0 Å². The first-order valence-corrected chi connectivity index (χ1v) is 10.8. The monoisotopic (exact) mass is 408 g/mol. The van der Waals surface area contributed by atoms with Gasteiger partial charge in [0, 0.05) is 24.3 Å². The lowest BCUT2D eigenvalue weighted by Crippen LogP contribution is -2.21. The third kappa shape index (κ3) is 4.95. The Morgan fingerprint density at radius 1 is 1.00 bits per heavy atom. The van der Waals surface area contributed by atoms with Crippen molar-refractivity contribution in [3.63, 3.8) is 0 Å². The van der Waals surface area contributed by atoms with Crippen LogP contribution in [0.2, 0.25) is 0 Å². The highest BCUT2D eigenvalue weighted by Gasteiger charge is 2.25. The summed E-state index contributed by atoms with van der Waals surface area (Å²) in [5.74, 6) is 2.64. The molecule has 0 unspecified atom stereocenters. The van der Waals surface area contributed by atoms with E-state index in [1.807, 2.05) is 30.6 Å². The average molecular weight is 409 g/mol. The summed E-state index contributed by atoms with van der Waals surface area (Å²) in [6.07, 6.45) is 10.2. The van der Waals surface area contributed by atoms with Crippen molar-refractivity contribution < 1.29 is 0 Å². The van der Waals surface area contributed by atoms with E-state index in [-0.39, 0.29) is 5.56 Å². The van der Waals surface area contributed by atoms with Gasteiger partial charge in [-0.1, -0.05) is 13.0 Å². The fourth-order valence-corrected chi connectivity index (χ4v) is 4.08. The number of nitrogens with zero attached hydrogens (tertiary/aromatic N) is 4. The lowest BCUT2D eigenvalue weighted by Gasteiger charge is -2.16. The van der Waals surface area contributed by atoms with Crippen LogP contribution in [0, 0.1) is 0 Å². The lowest BCUT2D eigenvalue weighted by molar-refractivity contribution is 0.719. The second-order valence-electron chi connectivity index (χ2n) is 6.98. The van der Waals surface area contributed by atoms with Gasteiger partial charge in [-0.25, -0.2) is 15.0 Å². The standard InChI is InChI=1S/C21H24N6OS/c1-2-29-20-14-23-19(13-24-20)26-16-7-6-15(11-16)25-18-9-8-17(12-22-18)27-10-4-3-5-21(27)28/h3-5,8-10,12-16H,2,6-7,11H2,1H3,(H,22,25)(H,23,26)/t15-,16-/m0/s1. The molecule has 4 rings (SSSR count). The molecule has 0 radical (unpaired) electrons. The van der Waals surface area contributed by atoms with Gasteiger partial charge in [0.05, 0.1) is 24.3 Å². The Morgan fingerprint density at radius 2 is 1.79 bits per heavy atom. The number of anilines is 2. The van der Waals surface area contributed by atoms with Crippen LogP contribution in [0.1, 0.15) is 26.2 Å².